The van der Waals surface area contributed by atoms with Gasteiger partial charge in [0.2, 0.25) is 0 Å². The second-order valence-electron chi connectivity index (χ2n) is 3.65. The predicted molar refractivity (Wildman–Crippen MR) is 68.4 cm³/mol. The highest BCUT2D eigenvalue weighted by atomic mass is 32.1. The largest absolute Gasteiger partial charge is 0.399 e. The van der Waals surface area contributed by atoms with Crippen LogP contribution in [0.4, 0.5) is 5.69 Å². The Balaban J connectivity index is 1.72. The maximum absolute atomic E-state index is 5.71. The third-order valence-electron chi connectivity index (χ3n) is 2.33. The van der Waals surface area contributed by atoms with Gasteiger partial charge in [-0.25, -0.2) is 4.98 Å². The normalized spacial score (nSPS) is 10.5. The van der Waals surface area contributed by atoms with Crippen LogP contribution in [-0.4, -0.2) is 11.5 Å². The fourth-order valence-corrected chi connectivity index (χ4v) is 2.08. The van der Waals surface area contributed by atoms with Crippen molar-refractivity contribution in [2.75, 3.05) is 12.3 Å². The van der Waals surface area contributed by atoms with Gasteiger partial charge in [0.15, 0.2) is 0 Å². The molecule has 0 spiro atoms. The first-order valence-corrected chi connectivity index (χ1v) is 6.21. The quantitative estimate of drug-likeness (QED) is 0.614. The highest BCUT2D eigenvalue weighted by Gasteiger charge is 1.95. The molecule has 1 heterocycles. The molecule has 4 heteroatoms. The monoisotopic (exact) mass is 233 g/mol. The molecule has 0 aliphatic rings. The van der Waals surface area contributed by atoms with Gasteiger partial charge in [0.1, 0.15) is 0 Å². The number of hydrogen-bond donors (Lipinski definition) is 2. The summed E-state index contributed by atoms with van der Waals surface area (Å²) in [5.41, 5.74) is 10.8. The van der Waals surface area contributed by atoms with E-state index >= 15 is 0 Å². The number of anilines is 1. The van der Waals surface area contributed by atoms with Gasteiger partial charge < -0.3 is 11.1 Å². The van der Waals surface area contributed by atoms with Crippen LogP contribution < -0.4 is 11.1 Å². The smallest absolute Gasteiger partial charge is 0.0795 e. The SMILES string of the molecule is Nc1cccc(CCNCc2cscn2)c1. The van der Waals surface area contributed by atoms with Crippen LogP contribution in [0.1, 0.15) is 11.3 Å². The van der Waals surface area contributed by atoms with Crippen LogP contribution in [0, 0.1) is 0 Å². The molecule has 0 aliphatic heterocycles. The lowest BCUT2D eigenvalue weighted by molar-refractivity contribution is 0.677. The molecule has 0 saturated carbocycles. The Bertz CT molecular complexity index is 426. The fraction of sp³-hybridized carbons (Fsp3) is 0.250. The Morgan fingerprint density at radius 3 is 3.06 bits per heavy atom. The summed E-state index contributed by atoms with van der Waals surface area (Å²) in [6.07, 6.45) is 0.995. The predicted octanol–water partition coefficient (Wildman–Crippen LogP) is 2.06. The molecule has 0 fully saturated rings. The van der Waals surface area contributed by atoms with Gasteiger partial charge in [-0.05, 0) is 30.7 Å². The van der Waals surface area contributed by atoms with E-state index in [0.717, 1.165) is 30.9 Å². The summed E-state index contributed by atoms with van der Waals surface area (Å²) in [4.78, 5) is 4.21. The third-order valence-corrected chi connectivity index (χ3v) is 2.97. The van der Waals surface area contributed by atoms with Crippen molar-refractivity contribution >= 4 is 17.0 Å². The fourth-order valence-electron chi connectivity index (χ4n) is 1.52. The van der Waals surface area contributed by atoms with E-state index in [0.29, 0.717) is 0 Å². The van der Waals surface area contributed by atoms with Crippen molar-refractivity contribution in [3.8, 4) is 0 Å². The first kappa shape index (κ1) is 11.1. The number of nitrogens with two attached hydrogens (primary N) is 1. The van der Waals surface area contributed by atoms with E-state index < -0.39 is 0 Å². The molecule has 3 nitrogen and oxygen atoms in total. The zero-order chi connectivity index (χ0) is 11.2. The van der Waals surface area contributed by atoms with E-state index in [-0.39, 0.29) is 0 Å². The van der Waals surface area contributed by atoms with Gasteiger partial charge in [0.25, 0.3) is 0 Å². The first-order valence-electron chi connectivity index (χ1n) is 5.27. The average molecular weight is 233 g/mol. The minimum atomic E-state index is 0.831. The number of aromatic nitrogens is 1. The maximum Gasteiger partial charge on any atom is 0.0795 e. The molecule has 3 N–H and O–H groups in total. The van der Waals surface area contributed by atoms with Gasteiger partial charge in [-0.3, -0.25) is 0 Å². The number of rotatable bonds is 5. The zero-order valence-electron chi connectivity index (χ0n) is 9.02. The zero-order valence-corrected chi connectivity index (χ0v) is 9.83. The van der Waals surface area contributed by atoms with Gasteiger partial charge in [0.05, 0.1) is 11.2 Å². The van der Waals surface area contributed by atoms with Crippen LogP contribution in [-0.2, 0) is 13.0 Å². The topological polar surface area (TPSA) is 50.9 Å². The average Bonchev–Trinajstić information content (AvgIpc) is 2.77. The second kappa shape index (κ2) is 5.63. The summed E-state index contributed by atoms with van der Waals surface area (Å²) in [5.74, 6) is 0. The summed E-state index contributed by atoms with van der Waals surface area (Å²) in [7, 11) is 0. The molecule has 84 valence electrons. The number of hydrogen-bond acceptors (Lipinski definition) is 4. The van der Waals surface area contributed by atoms with E-state index in [4.69, 9.17) is 5.73 Å². The highest BCUT2D eigenvalue weighted by molar-refractivity contribution is 7.07. The minimum absolute atomic E-state index is 0.831. The molecule has 2 aromatic rings. The Kier molecular flexibility index (Phi) is 3.91. The van der Waals surface area contributed by atoms with Crippen molar-refractivity contribution in [2.45, 2.75) is 13.0 Å². The number of nitrogens with zero attached hydrogens (tertiary/aromatic N) is 1. The van der Waals surface area contributed by atoms with Crippen molar-refractivity contribution in [3.05, 3.63) is 46.4 Å². The van der Waals surface area contributed by atoms with Gasteiger partial charge >= 0.3 is 0 Å². The molecule has 0 radical (unpaired) electrons. The van der Waals surface area contributed by atoms with Crippen LogP contribution in [0.15, 0.2) is 35.2 Å². The lowest BCUT2D eigenvalue weighted by atomic mass is 10.1. The number of benzene rings is 1. The molecule has 0 unspecified atom stereocenters. The van der Waals surface area contributed by atoms with Crippen molar-refractivity contribution in [1.82, 2.24) is 10.3 Å². The Morgan fingerprint density at radius 1 is 1.38 bits per heavy atom. The van der Waals surface area contributed by atoms with Crippen molar-refractivity contribution in [1.29, 1.82) is 0 Å². The summed E-state index contributed by atoms with van der Waals surface area (Å²) in [5, 5.41) is 5.42. The molecule has 2 rings (SSSR count). The maximum atomic E-state index is 5.71. The molecule has 0 atom stereocenters. The lowest BCUT2D eigenvalue weighted by Gasteiger charge is -2.04. The van der Waals surface area contributed by atoms with E-state index in [1.165, 1.54) is 5.56 Å². The molecule has 0 saturated heterocycles. The molecular formula is C12H15N3S. The lowest BCUT2D eigenvalue weighted by Crippen LogP contribution is -2.16. The van der Waals surface area contributed by atoms with Gasteiger partial charge in [-0.1, -0.05) is 12.1 Å². The van der Waals surface area contributed by atoms with E-state index in [1.807, 2.05) is 23.7 Å². The molecule has 16 heavy (non-hydrogen) atoms. The first-order chi connectivity index (χ1) is 7.84. The molecule has 0 bridgehead atoms. The summed E-state index contributed by atoms with van der Waals surface area (Å²) in [6, 6.07) is 8.02. The third kappa shape index (κ3) is 3.32. The highest BCUT2D eigenvalue weighted by Crippen LogP contribution is 2.06. The molecule has 1 aromatic carbocycles. The van der Waals surface area contributed by atoms with Gasteiger partial charge in [-0.2, -0.15) is 0 Å². The van der Waals surface area contributed by atoms with Crippen LogP contribution in [0.2, 0.25) is 0 Å². The van der Waals surface area contributed by atoms with Crippen molar-refractivity contribution in [3.63, 3.8) is 0 Å². The number of nitrogens with one attached hydrogen (secondary N) is 1. The van der Waals surface area contributed by atoms with E-state index in [9.17, 15) is 0 Å². The van der Waals surface area contributed by atoms with E-state index in [2.05, 4.69) is 21.7 Å². The van der Waals surface area contributed by atoms with Gasteiger partial charge in [0, 0.05) is 17.6 Å². The van der Waals surface area contributed by atoms with E-state index in [1.54, 1.807) is 11.3 Å². The molecule has 0 aliphatic carbocycles. The summed E-state index contributed by atoms with van der Waals surface area (Å²) >= 11 is 1.63. The molecular weight excluding hydrogens is 218 g/mol. The Morgan fingerprint density at radius 2 is 2.31 bits per heavy atom. The van der Waals surface area contributed by atoms with Gasteiger partial charge in [-0.15, -0.1) is 11.3 Å². The molecule has 0 amide bonds. The molecule has 1 aromatic heterocycles. The van der Waals surface area contributed by atoms with Crippen molar-refractivity contribution in [2.24, 2.45) is 0 Å². The van der Waals surface area contributed by atoms with Crippen molar-refractivity contribution < 1.29 is 0 Å². The standard InChI is InChI=1S/C12H15N3S/c13-11-3-1-2-10(6-11)4-5-14-7-12-8-16-9-15-12/h1-3,6,8-9,14H,4-5,7,13H2. The minimum Gasteiger partial charge on any atom is -0.399 e. The second-order valence-corrected chi connectivity index (χ2v) is 4.37. The number of thiazole rings is 1. The summed E-state index contributed by atoms with van der Waals surface area (Å²) < 4.78 is 0. The van der Waals surface area contributed by atoms with Crippen LogP contribution >= 0.6 is 11.3 Å². The number of nitrogen functional groups attached to an aromatic ring is 1. The Labute approximate surface area is 99.3 Å². The summed E-state index contributed by atoms with van der Waals surface area (Å²) in [6.45, 7) is 1.78. The van der Waals surface area contributed by atoms with Crippen LogP contribution in [0.3, 0.4) is 0 Å². The van der Waals surface area contributed by atoms with Crippen LogP contribution in [0.5, 0.6) is 0 Å². The Hall–Kier alpha value is -1.39. The van der Waals surface area contributed by atoms with Crippen LogP contribution in [0.25, 0.3) is 0 Å².